The van der Waals surface area contributed by atoms with Gasteiger partial charge in [-0.2, -0.15) is 0 Å². The molecule has 4 amide bonds. The Kier molecular flexibility index (Phi) is 14.9. The number of rotatable bonds is 17. The Balaban J connectivity index is 1.96. The van der Waals surface area contributed by atoms with E-state index in [2.05, 4.69) is 21.3 Å². The first kappa shape index (κ1) is 35.8. The zero-order valence-electron chi connectivity index (χ0n) is 25.0. The van der Waals surface area contributed by atoms with Gasteiger partial charge in [0.05, 0.1) is 13.1 Å². The van der Waals surface area contributed by atoms with E-state index in [1.165, 1.54) is 12.1 Å². The summed E-state index contributed by atoms with van der Waals surface area (Å²) in [5.41, 5.74) is 1.46. The van der Waals surface area contributed by atoms with Crippen molar-refractivity contribution in [3.63, 3.8) is 0 Å². The summed E-state index contributed by atoms with van der Waals surface area (Å²) >= 11 is 0.993. The first-order valence-corrected chi connectivity index (χ1v) is 15.4. The number of hydrogen-bond acceptors (Lipinski definition) is 8. The molecule has 2 aromatic rings. The highest BCUT2D eigenvalue weighted by Gasteiger charge is 2.28. The second kappa shape index (κ2) is 18.3. The van der Waals surface area contributed by atoms with Crippen LogP contribution in [0.1, 0.15) is 37.8 Å². The third-order valence-electron chi connectivity index (χ3n) is 6.56. The lowest BCUT2D eigenvalue weighted by Gasteiger charge is -2.22. The summed E-state index contributed by atoms with van der Waals surface area (Å²) in [5, 5.41) is 28.8. The van der Waals surface area contributed by atoms with E-state index in [1.54, 1.807) is 48.7 Å². The molecule has 3 unspecified atom stereocenters. The van der Waals surface area contributed by atoms with E-state index in [0.717, 1.165) is 22.9 Å². The number of phenolic OH excluding ortho intramolecular Hbond substituents is 1. The average Bonchev–Trinajstić information content (AvgIpc) is 2.98. The Labute approximate surface area is 260 Å². The lowest BCUT2D eigenvalue weighted by Crippen LogP contribution is -2.54. The maximum Gasteiger partial charge on any atom is 0.326 e. The van der Waals surface area contributed by atoms with Crippen LogP contribution in [0.15, 0.2) is 54.6 Å². The smallest absolute Gasteiger partial charge is 0.326 e. The molecule has 0 spiro atoms. The molecule has 0 aliphatic heterocycles. The second-order valence-electron chi connectivity index (χ2n) is 10.7. The number of aliphatic carboxylic acids is 1. The predicted octanol–water partition coefficient (Wildman–Crippen LogP) is 1.41. The highest BCUT2D eigenvalue weighted by molar-refractivity contribution is 8.13. The van der Waals surface area contributed by atoms with Crippen molar-refractivity contribution in [2.45, 2.75) is 51.6 Å². The standard InChI is InChI=1S/C31H40N4O8S/c1-19(2)13-25(31(42)43)35-30(41)24(15-20-7-5-4-6-8-20)34-27(38)18-32-26(37)17-33-29(40)22(16-28(39)44-3)14-21-9-11-23(36)12-10-21/h4-12,19,22,24-25,36H,13-18H2,1-3H3,(H,32,37)(H,33,40)(H,34,38)(H,35,41)(H,42,43). The average molecular weight is 629 g/mol. The number of carbonyl (C=O) groups excluding carboxylic acids is 5. The molecule has 6 N–H and O–H groups in total. The number of thioether (sulfide) groups is 1. The predicted molar refractivity (Wildman–Crippen MR) is 166 cm³/mol. The normalized spacial score (nSPS) is 12.8. The molecule has 0 bridgehead atoms. The van der Waals surface area contributed by atoms with E-state index in [9.17, 15) is 39.0 Å². The van der Waals surface area contributed by atoms with Crippen molar-refractivity contribution < 1.29 is 39.0 Å². The minimum absolute atomic E-state index is 0.00313. The fourth-order valence-corrected chi connectivity index (χ4v) is 4.65. The number of hydrogen-bond donors (Lipinski definition) is 6. The molecule has 2 rings (SSSR count). The van der Waals surface area contributed by atoms with Gasteiger partial charge in [0.1, 0.15) is 17.8 Å². The van der Waals surface area contributed by atoms with Crippen LogP contribution < -0.4 is 21.3 Å². The largest absolute Gasteiger partial charge is 0.508 e. The summed E-state index contributed by atoms with van der Waals surface area (Å²) in [6.45, 7) is 2.71. The molecule has 0 heterocycles. The summed E-state index contributed by atoms with van der Waals surface area (Å²) in [6.07, 6.45) is 2.07. The van der Waals surface area contributed by atoms with E-state index >= 15 is 0 Å². The first-order valence-electron chi connectivity index (χ1n) is 14.1. The summed E-state index contributed by atoms with van der Waals surface area (Å²) in [5.74, 6) is -4.41. The number of carboxylic acid groups (broad SMARTS) is 1. The van der Waals surface area contributed by atoms with E-state index in [4.69, 9.17) is 0 Å². The molecule has 0 aliphatic carbocycles. The number of nitrogens with one attached hydrogen (secondary N) is 4. The summed E-state index contributed by atoms with van der Waals surface area (Å²) < 4.78 is 0. The van der Waals surface area contributed by atoms with E-state index in [0.29, 0.717) is 0 Å². The lowest BCUT2D eigenvalue weighted by molar-refractivity contribution is -0.142. The van der Waals surface area contributed by atoms with Gasteiger partial charge >= 0.3 is 5.97 Å². The molecule has 12 nitrogen and oxygen atoms in total. The molecule has 3 atom stereocenters. The molecular weight excluding hydrogens is 588 g/mol. The monoisotopic (exact) mass is 628 g/mol. The topological polar surface area (TPSA) is 191 Å². The van der Waals surface area contributed by atoms with Crippen molar-refractivity contribution in [2.24, 2.45) is 11.8 Å². The van der Waals surface area contributed by atoms with Gasteiger partial charge in [-0.1, -0.05) is 68.1 Å². The maximum absolute atomic E-state index is 13.0. The molecule has 0 saturated carbocycles. The summed E-state index contributed by atoms with van der Waals surface area (Å²) in [6, 6.07) is 12.9. The molecule has 0 saturated heterocycles. The first-order chi connectivity index (χ1) is 20.9. The van der Waals surface area contributed by atoms with Crippen LogP contribution in [0.4, 0.5) is 0 Å². The van der Waals surface area contributed by atoms with Gasteiger partial charge in [-0.05, 0) is 48.3 Å². The minimum Gasteiger partial charge on any atom is -0.508 e. The highest BCUT2D eigenvalue weighted by atomic mass is 32.2. The fourth-order valence-electron chi connectivity index (χ4n) is 4.28. The van der Waals surface area contributed by atoms with Crippen molar-refractivity contribution in [3.05, 3.63) is 65.7 Å². The van der Waals surface area contributed by atoms with Crippen LogP contribution in [0.25, 0.3) is 0 Å². The van der Waals surface area contributed by atoms with Gasteiger partial charge in [0.15, 0.2) is 5.12 Å². The Hall–Kier alpha value is -4.39. The van der Waals surface area contributed by atoms with Gasteiger partial charge in [0.25, 0.3) is 0 Å². The molecule has 0 aliphatic rings. The van der Waals surface area contributed by atoms with E-state index in [-0.39, 0.29) is 42.5 Å². The van der Waals surface area contributed by atoms with Gasteiger partial charge < -0.3 is 31.5 Å². The Morgan fingerprint density at radius 2 is 1.36 bits per heavy atom. The van der Waals surface area contributed by atoms with E-state index < -0.39 is 60.7 Å². The summed E-state index contributed by atoms with van der Waals surface area (Å²) in [7, 11) is 0. The van der Waals surface area contributed by atoms with Crippen molar-refractivity contribution >= 4 is 46.5 Å². The number of carboxylic acids is 1. The second-order valence-corrected chi connectivity index (χ2v) is 11.5. The van der Waals surface area contributed by atoms with Crippen molar-refractivity contribution in [3.8, 4) is 5.75 Å². The van der Waals surface area contributed by atoms with Gasteiger partial charge in [-0.15, -0.1) is 0 Å². The Bertz CT molecular complexity index is 1290. The van der Waals surface area contributed by atoms with Gasteiger partial charge in [-0.3, -0.25) is 24.0 Å². The van der Waals surface area contributed by atoms with Crippen molar-refractivity contribution in [1.29, 1.82) is 0 Å². The van der Waals surface area contributed by atoms with Crippen LogP contribution in [-0.4, -0.2) is 76.4 Å². The lowest BCUT2D eigenvalue weighted by atomic mass is 9.95. The van der Waals surface area contributed by atoms with Gasteiger partial charge in [-0.25, -0.2) is 4.79 Å². The van der Waals surface area contributed by atoms with Crippen LogP contribution in [0.5, 0.6) is 5.75 Å². The van der Waals surface area contributed by atoms with Crippen molar-refractivity contribution in [2.75, 3.05) is 19.3 Å². The molecule has 238 valence electrons. The Morgan fingerprint density at radius 3 is 1.95 bits per heavy atom. The Morgan fingerprint density at radius 1 is 0.750 bits per heavy atom. The number of phenols is 1. The van der Waals surface area contributed by atoms with Gasteiger partial charge in [0.2, 0.25) is 23.6 Å². The number of carbonyl (C=O) groups is 6. The SMILES string of the molecule is CSC(=O)CC(Cc1ccc(O)cc1)C(=O)NCC(=O)NCC(=O)NC(Cc1ccccc1)C(=O)NC(CC(C)C)C(=O)O. The zero-order valence-corrected chi connectivity index (χ0v) is 25.8. The molecule has 13 heteroatoms. The van der Waals surface area contributed by atoms with Crippen LogP contribution in [0.3, 0.4) is 0 Å². The van der Waals surface area contributed by atoms with Gasteiger partial charge in [0, 0.05) is 18.8 Å². The highest BCUT2D eigenvalue weighted by Crippen LogP contribution is 2.18. The third-order valence-corrected chi connectivity index (χ3v) is 7.18. The summed E-state index contributed by atoms with van der Waals surface area (Å²) in [4.78, 5) is 74.7. The number of aromatic hydroxyl groups is 1. The molecule has 0 aromatic heterocycles. The van der Waals surface area contributed by atoms with Crippen LogP contribution in [0, 0.1) is 11.8 Å². The minimum atomic E-state index is -1.19. The van der Waals surface area contributed by atoms with E-state index in [1.807, 2.05) is 13.8 Å². The van der Waals surface area contributed by atoms with Crippen LogP contribution in [-0.2, 0) is 41.6 Å². The van der Waals surface area contributed by atoms with Crippen LogP contribution in [0.2, 0.25) is 0 Å². The van der Waals surface area contributed by atoms with Crippen molar-refractivity contribution in [1.82, 2.24) is 21.3 Å². The molecule has 44 heavy (non-hydrogen) atoms. The molecule has 0 fully saturated rings. The maximum atomic E-state index is 13.0. The zero-order chi connectivity index (χ0) is 32.6. The quantitative estimate of drug-likeness (QED) is 0.150. The number of amides is 4. The fraction of sp³-hybridized carbons (Fsp3) is 0.419. The van der Waals surface area contributed by atoms with Crippen LogP contribution >= 0.6 is 11.8 Å². The third kappa shape index (κ3) is 13.3. The molecule has 0 radical (unpaired) electrons. The molecular formula is C31H40N4O8S. The number of benzene rings is 2. The molecule has 2 aromatic carbocycles.